The molecule has 0 saturated heterocycles. The van der Waals surface area contributed by atoms with Gasteiger partial charge < -0.3 is 10.3 Å². The normalized spacial score (nSPS) is 15.5. The minimum absolute atomic E-state index is 0.0938. The first-order valence-electron chi connectivity index (χ1n) is 23.4. The highest BCUT2D eigenvalue weighted by molar-refractivity contribution is 6.14. The Hall–Kier alpha value is -8.15. The van der Waals surface area contributed by atoms with Gasteiger partial charge in [0.05, 0.1) is 11.0 Å². The third kappa shape index (κ3) is 6.25. The van der Waals surface area contributed by atoms with Crippen molar-refractivity contribution in [1.82, 2.24) is 19.5 Å². The van der Waals surface area contributed by atoms with Gasteiger partial charge in [-0.25, -0.2) is 15.0 Å². The highest BCUT2D eigenvalue weighted by Gasteiger charge is 2.36. The molecule has 0 spiro atoms. The second-order valence-corrected chi connectivity index (χ2v) is 18.9. The Labute approximate surface area is 390 Å². The molecule has 3 aliphatic carbocycles. The van der Waals surface area contributed by atoms with E-state index in [0.29, 0.717) is 17.5 Å². The van der Waals surface area contributed by atoms with Crippen molar-refractivity contribution < 1.29 is 0 Å². The third-order valence-electron chi connectivity index (χ3n) is 14.8. The number of hydrogen-bond donors (Lipinski definition) is 1. The quantitative estimate of drug-likeness (QED) is 0.162. The number of nitrogens with zero attached hydrogens (tertiary/aromatic N) is 4. The van der Waals surface area contributed by atoms with E-state index in [1.54, 1.807) is 0 Å². The summed E-state index contributed by atoms with van der Waals surface area (Å²) in [6, 6.07) is 65.7. The highest BCUT2D eigenvalue weighted by atomic mass is 15.0. The molecule has 2 N–H and O–H groups in total. The average molecular weight is 862 g/mol. The number of hydrogen-bond acceptors (Lipinski definition) is 4. The highest BCUT2D eigenvalue weighted by Crippen LogP contribution is 2.53. The fourth-order valence-corrected chi connectivity index (χ4v) is 11.4. The van der Waals surface area contributed by atoms with Crippen LogP contribution in [0.15, 0.2) is 194 Å². The zero-order valence-electron chi connectivity index (χ0n) is 37.5. The molecule has 2 heterocycles. The Bertz CT molecular complexity index is 3710. The molecule has 13 rings (SSSR count). The Balaban J connectivity index is 0.903. The van der Waals surface area contributed by atoms with Crippen LogP contribution in [0.1, 0.15) is 71.8 Å². The van der Waals surface area contributed by atoms with Crippen LogP contribution in [0.25, 0.3) is 83.7 Å². The molecule has 5 heteroatoms. The Morgan fingerprint density at radius 2 is 1.16 bits per heavy atom. The third-order valence-corrected chi connectivity index (χ3v) is 14.8. The van der Waals surface area contributed by atoms with Gasteiger partial charge in [0.15, 0.2) is 17.5 Å². The molecule has 1 atom stereocenters. The van der Waals surface area contributed by atoms with Crippen LogP contribution in [0.3, 0.4) is 0 Å². The lowest BCUT2D eigenvalue weighted by atomic mass is 9.82. The van der Waals surface area contributed by atoms with E-state index >= 15 is 0 Å². The summed E-state index contributed by atoms with van der Waals surface area (Å²) in [6.07, 6.45) is 6.90. The maximum absolute atomic E-state index is 7.16. The van der Waals surface area contributed by atoms with Crippen molar-refractivity contribution in [1.29, 1.82) is 0 Å². The van der Waals surface area contributed by atoms with Gasteiger partial charge >= 0.3 is 0 Å². The summed E-state index contributed by atoms with van der Waals surface area (Å²) in [6.45, 7) is 4.72. The van der Waals surface area contributed by atoms with Crippen molar-refractivity contribution in [2.24, 2.45) is 0 Å². The molecule has 0 saturated carbocycles. The second-order valence-electron chi connectivity index (χ2n) is 18.9. The van der Waals surface area contributed by atoms with Crippen LogP contribution in [-0.2, 0) is 11.8 Å². The maximum Gasteiger partial charge on any atom is 0.164 e. The van der Waals surface area contributed by atoms with E-state index in [0.717, 1.165) is 47.2 Å². The number of para-hydroxylation sites is 1. The molecular formula is C62H47N5. The molecular weight excluding hydrogens is 815 g/mol. The topological polar surface area (TPSA) is 69.6 Å². The van der Waals surface area contributed by atoms with Gasteiger partial charge in [-0.05, 0) is 116 Å². The average Bonchev–Trinajstić information content (AvgIpc) is 3.97. The van der Waals surface area contributed by atoms with Gasteiger partial charge in [0, 0.05) is 44.6 Å². The number of benzene rings is 8. The molecule has 5 nitrogen and oxygen atoms in total. The van der Waals surface area contributed by atoms with Gasteiger partial charge in [-0.1, -0.05) is 178 Å². The van der Waals surface area contributed by atoms with Crippen molar-refractivity contribution in [3.63, 3.8) is 0 Å². The van der Waals surface area contributed by atoms with E-state index in [9.17, 15) is 0 Å². The number of rotatable bonds is 7. The van der Waals surface area contributed by atoms with Crippen molar-refractivity contribution in [3.8, 4) is 50.7 Å². The summed E-state index contributed by atoms with van der Waals surface area (Å²) in [5.74, 6) is 2.06. The summed E-state index contributed by atoms with van der Waals surface area (Å²) in [4.78, 5) is 15.3. The van der Waals surface area contributed by atoms with Crippen LogP contribution >= 0.6 is 0 Å². The maximum atomic E-state index is 7.16. The van der Waals surface area contributed by atoms with Crippen molar-refractivity contribution in [2.75, 3.05) is 5.73 Å². The molecule has 0 fully saturated rings. The molecule has 0 amide bonds. The number of nitrogens with two attached hydrogens (primary N) is 1. The molecule has 8 aromatic carbocycles. The lowest BCUT2D eigenvalue weighted by Crippen LogP contribution is -2.15. The van der Waals surface area contributed by atoms with Gasteiger partial charge in [-0.15, -0.1) is 0 Å². The van der Waals surface area contributed by atoms with Crippen LogP contribution in [0.2, 0.25) is 0 Å². The molecule has 0 radical (unpaired) electrons. The smallest absolute Gasteiger partial charge is 0.164 e. The van der Waals surface area contributed by atoms with Gasteiger partial charge in [0.1, 0.15) is 0 Å². The van der Waals surface area contributed by atoms with E-state index in [-0.39, 0.29) is 11.3 Å². The fourth-order valence-electron chi connectivity index (χ4n) is 11.4. The zero-order chi connectivity index (χ0) is 44.8. The number of allylic oxidation sites excluding steroid dienone is 4. The SMILES string of the molecule is CC1(C)c2ccccc2-c2ccc(-n3c4ccccc4c4c5c(ccc43)-c3ccccc3C5Cc3ccc(-c4nc(C5=CC=C(c6ccccc6)CC5)nc(-c5ccccc5)n4)cc3N)cc21. The molecule has 10 aromatic rings. The van der Waals surface area contributed by atoms with E-state index < -0.39 is 0 Å². The van der Waals surface area contributed by atoms with E-state index in [1.807, 2.05) is 18.2 Å². The predicted molar refractivity (Wildman–Crippen MR) is 276 cm³/mol. The summed E-state index contributed by atoms with van der Waals surface area (Å²) in [5.41, 5.74) is 28.7. The van der Waals surface area contributed by atoms with Crippen LogP contribution in [0.4, 0.5) is 5.69 Å². The second kappa shape index (κ2) is 15.2. The lowest BCUT2D eigenvalue weighted by molar-refractivity contribution is 0.660. The summed E-state index contributed by atoms with van der Waals surface area (Å²) < 4.78 is 2.49. The monoisotopic (exact) mass is 861 g/mol. The first kappa shape index (κ1) is 39.2. The first-order chi connectivity index (χ1) is 32.9. The molecule has 0 aliphatic heterocycles. The molecule has 67 heavy (non-hydrogen) atoms. The van der Waals surface area contributed by atoms with Crippen LogP contribution in [0.5, 0.6) is 0 Å². The standard InChI is InChI=1S/C62H47N5/c1-62(2)52-23-13-11-21-47(52)48-32-31-44(37-53(48)62)67-55-24-14-12-22-50(55)58-56(67)34-33-49-45-19-9-10-20-46(45)51(57(49)58)35-42-29-30-43(36-54(42)63)61-65-59(40-17-7-4-8-18-40)64-60(66-61)41-27-25-39(26-28-41)38-15-5-3-6-16-38/h3-25,27,29-34,36-37,51H,26,28,35,63H2,1-2H3. The predicted octanol–water partition coefficient (Wildman–Crippen LogP) is 14.8. The minimum atomic E-state index is -0.0993. The Kier molecular flexibility index (Phi) is 8.91. The molecule has 3 aliphatic rings. The summed E-state index contributed by atoms with van der Waals surface area (Å²) in [7, 11) is 0. The molecule has 2 aromatic heterocycles. The van der Waals surface area contributed by atoms with E-state index in [2.05, 4.69) is 194 Å². The van der Waals surface area contributed by atoms with Gasteiger partial charge in [0.25, 0.3) is 0 Å². The van der Waals surface area contributed by atoms with Crippen molar-refractivity contribution in [3.05, 3.63) is 233 Å². The fraction of sp³-hybridized carbons (Fsp3) is 0.113. The van der Waals surface area contributed by atoms with Crippen molar-refractivity contribution in [2.45, 2.75) is 44.4 Å². The zero-order valence-corrected chi connectivity index (χ0v) is 37.5. The van der Waals surface area contributed by atoms with E-state index in [4.69, 9.17) is 20.7 Å². The largest absolute Gasteiger partial charge is 0.398 e. The molecule has 1 unspecified atom stereocenters. The Morgan fingerprint density at radius 1 is 0.522 bits per heavy atom. The lowest BCUT2D eigenvalue weighted by Gasteiger charge is -2.22. The van der Waals surface area contributed by atoms with E-state index in [1.165, 1.54) is 83.1 Å². The first-order valence-corrected chi connectivity index (χ1v) is 23.4. The number of aromatic nitrogens is 4. The van der Waals surface area contributed by atoms with Gasteiger partial charge in [-0.2, -0.15) is 0 Å². The van der Waals surface area contributed by atoms with Crippen LogP contribution in [-0.4, -0.2) is 19.5 Å². The van der Waals surface area contributed by atoms with Crippen molar-refractivity contribution >= 4 is 38.6 Å². The van der Waals surface area contributed by atoms with Gasteiger partial charge in [0.2, 0.25) is 0 Å². The number of anilines is 1. The summed E-state index contributed by atoms with van der Waals surface area (Å²) in [5, 5.41) is 2.57. The summed E-state index contributed by atoms with van der Waals surface area (Å²) >= 11 is 0. The molecule has 0 bridgehead atoms. The Morgan fingerprint density at radius 3 is 1.96 bits per heavy atom. The number of fused-ring (bicyclic) bond motifs is 10. The van der Waals surface area contributed by atoms with Gasteiger partial charge in [-0.3, -0.25) is 0 Å². The minimum Gasteiger partial charge on any atom is -0.398 e. The van der Waals surface area contributed by atoms with Crippen LogP contribution < -0.4 is 5.73 Å². The number of nitrogen functional groups attached to an aromatic ring is 1. The molecule has 320 valence electrons. The van der Waals surface area contributed by atoms with Crippen LogP contribution in [0, 0.1) is 0 Å².